The zero-order valence-corrected chi connectivity index (χ0v) is 9.70. The second kappa shape index (κ2) is 4.45. The normalized spacial score (nSPS) is 23.2. The van der Waals surface area contributed by atoms with Gasteiger partial charge in [0.25, 0.3) is 0 Å². The molecule has 1 aromatic carbocycles. The topological polar surface area (TPSA) is 46.5 Å². The summed E-state index contributed by atoms with van der Waals surface area (Å²) >= 11 is 0. The number of carboxylic acids is 1. The Bertz CT molecular complexity index is 444. The van der Waals surface area contributed by atoms with Crippen molar-refractivity contribution >= 4 is 5.97 Å². The summed E-state index contributed by atoms with van der Waals surface area (Å²) in [6.07, 6.45) is 1.59. The zero-order chi connectivity index (χ0) is 12.5. The fourth-order valence-corrected chi connectivity index (χ4v) is 2.52. The Labute approximate surface area is 99.2 Å². The SMILES string of the molecule is CCOC1(C(=O)O)CCCc2c(F)cccc21. The van der Waals surface area contributed by atoms with Crippen LogP contribution in [0.4, 0.5) is 4.39 Å². The number of rotatable bonds is 3. The van der Waals surface area contributed by atoms with Gasteiger partial charge in [0, 0.05) is 12.2 Å². The van der Waals surface area contributed by atoms with Gasteiger partial charge in [0.15, 0.2) is 5.60 Å². The minimum absolute atomic E-state index is 0.294. The van der Waals surface area contributed by atoms with E-state index in [0.717, 1.165) is 0 Å². The number of benzene rings is 1. The summed E-state index contributed by atoms with van der Waals surface area (Å²) in [6.45, 7) is 2.04. The predicted octanol–water partition coefficient (Wildman–Crippen LogP) is 2.48. The molecule has 0 spiro atoms. The van der Waals surface area contributed by atoms with Crippen molar-refractivity contribution in [1.82, 2.24) is 0 Å². The highest BCUT2D eigenvalue weighted by Gasteiger charge is 2.45. The maximum atomic E-state index is 13.7. The Balaban J connectivity index is 2.58. The van der Waals surface area contributed by atoms with Crippen molar-refractivity contribution in [3.63, 3.8) is 0 Å². The molecule has 0 saturated heterocycles. The first-order valence-electron chi connectivity index (χ1n) is 5.77. The van der Waals surface area contributed by atoms with Gasteiger partial charge in [0.2, 0.25) is 0 Å². The van der Waals surface area contributed by atoms with Gasteiger partial charge in [-0.1, -0.05) is 12.1 Å². The number of ether oxygens (including phenoxy) is 1. The van der Waals surface area contributed by atoms with E-state index in [-0.39, 0.29) is 5.82 Å². The standard InChI is InChI=1S/C13H15FO3/c1-2-17-13(12(15)16)8-4-5-9-10(13)6-3-7-11(9)14/h3,6-7H,2,4-5,8H2,1H3,(H,15,16). The fourth-order valence-electron chi connectivity index (χ4n) is 2.52. The van der Waals surface area contributed by atoms with Gasteiger partial charge in [-0.2, -0.15) is 0 Å². The van der Waals surface area contributed by atoms with E-state index in [1.165, 1.54) is 12.1 Å². The van der Waals surface area contributed by atoms with Crippen molar-refractivity contribution in [2.24, 2.45) is 0 Å². The number of hydrogen-bond acceptors (Lipinski definition) is 2. The van der Waals surface area contributed by atoms with Gasteiger partial charge in [-0.05, 0) is 37.8 Å². The molecule has 0 amide bonds. The Morgan fingerprint density at radius 3 is 3.00 bits per heavy atom. The van der Waals surface area contributed by atoms with Crippen LogP contribution in [0.2, 0.25) is 0 Å². The van der Waals surface area contributed by atoms with Crippen LogP contribution in [0, 0.1) is 5.82 Å². The second-order valence-corrected chi connectivity index (χ2v) is 4.18. The quantitative estimate of drug-likeness (QED) is 0.880. The Kier molecular flexibility index (Phi) is 3.15. The molecule has 2 rings (SSSR count). The summed E-state index contributed by atoms with van der Waals surface area (Å²) in [6, 6.07) is 4.56. The monoisotopic (exact) mass is 238 g/mol. The molecule has 92 valence electrons. The third kappa shape index (κ3) is 1.82. The molecule has 0 heterocycles. The van der Waals surface area contributed by atoms with Crippen molar-refractivity contribution in [3.8, 4) is 0 Å². The van der Waals surface area contributed by atoms with E-state index in [9.17, 15) is 14.3 Å². The van der Waals surface area contributed by atoms with Crippen molar-refractivity contribution in [2.75, 3.05) is 6.61 Å². The van der Waals surface area contributed by atoms with E-state index in [4.69, 9.17) is 4.74 Å². The highest BCUT2D eigenvalue weighted by atomic mass is 19.1. The Morgan fingerprint density at radius 2 is 2.35 bits per heavy atom. The van der Waals surface area contributed by atoms with Crippen molar-refractivity contribution in [3.05, 3.63) is 35.1 Å². The summed E-state index contributed by atoms with van der Waals surface area (Å²) in [5.41, 5.74) is -0.419. The number of halogens is 1. The van der Waals surface area contributed by atoms with E-state index < -0.39 is 11.6 Å². The number of hydrogen-bond donors (Lipinski definition) is 1. The van der Waals surface area contributed by atoms with Crippen LogP contribution in [0.5, 0.6) is 0 Å². The minimum atomic E-state index is -1.37. The number of aliphatic carboxylic acids is 1. The van der Waals surface area contributed by atoms with Crippen LogP contribution in [-0.4, -0.2) is 17.7 Å². The largest absolute Gasteiger partial charge is 0.479 e. The molecular formula is C13H15FO3. The molecule has 4 heteroatoms. The van der Waals surface area contributed by atoms with Crippen LogP contribution in [0.1, 0.15) is 30.9 Å². The molecule has 0 aliphatic heterocycles. The first-order valence-corrected chi connectivity index (χ1v) is 5.77. The van der Waals surface area contributed by atoms with Crippen molar-refractivity contribution in [2.45, 2.75) is 31.8 Å². The van der Waals surface area contributed by atoms with Crippen LogP contribution in [-0.2, 0) is 21.6 Å². The summed E-state index contributed by atoms with van der Waals surface area (Å²) in [4.78, 5) is 11.5. The molecule has 0 aromatic heterocycles. The number of carboxylic acid groups (broad SMARTS) is 1. The molecule has 3 nitrogen and oxygen atoms in total. The third-order valence-electron chi connectivity index (χ3n) is 3.25. The van der Waals surface area contributed by atoms with E-state index in [1.54, 1.807) is 13.0 Å². The Morgan fingerprint density at radius 1 is 1.59 bits per heavy atom. The number of carbonyl (C=O) groups is 1. The molecule has 0 radical (unpaired) electrons. The molecule has 1 aliphatic carbocycles. The molecular weight excluding hydrogens is 223 g/mol. The van der Waals surface area contributed by atoms with Gasteiger partial charge >= 0.3 is 5.97 Å². The molecule has 17 heavy (non-hydrogen) atoms. The lowest BCUT2D eigenvalue weighted by molar-refractivity contribution is -0.169. The van der Waals surface area contributed by atoms with Gasteiger partial charge in [-0.15, -0.1) is 0 Å². The van der Waals surface area contributed by atoms with Crippen LogP contribution in [0.15, 0.2) is 18.2 Å². The van der Waals surface area contributed by atoms with Crippen LogP contribution >= 0.6 is 0 Å². The minimum Gasteiger partial charge on any atom is -0.479 e. The molecule has 1 N–H and O–H groups in total. The third-order valence-corrected chi connectivity index (χ3v) is 3.25. The van der Waals surface area contributed by atoms with E-state index in [2.05, 4.69) is 0 Å². The molecule has 1 aromatic rings. The van der Waals surface area contributed by atoms with Gasteiger partial charge in [-0.25, -0.2) is 9.18 Å². The highest BCUT2D eigenvalue weighted by Crippen LogP contribution is 2.39. The summed E-state index contributed by atoms with van der Waals surface area (Å²) in [5.74, 6) is -1.38. The lowest BCUT2D eigenvalue weighted by Gasteiger charge is -2.35. The summed E-state index contributed by atoms with van der Waals surface area (Å²) in [5, 5.41) is 9.41. The van der Waals surface area contributed by atoms with E-state index in [0.29, 0.717) is 37.0 Å². The molecule has 0 bridgehead atoms. The molecule has 0 saturated carbocycles. The van der Waals surface area contributed by atoms with Crippen LogP contribution < -0.4 is 0 Å². The second-order valence-electron chi connectivity index (χ2n) is 4.18. The first kappa shape index (κ1) is 12.0. The average Bonchev–Trinajstić information content (AvgIpc) is 2.30. The average molecular weight is 238 g/mol. The van der Waals surface area contributed by atoms with Crippen LogP contribution in [0.25, 0.3) is 0 Å². The number of fused-ring (bicyclic) bond motifs is 1. The predicted molar refractivity (Wildman–Crippen MR) is 60.3 cm³/mol. The zero-order valence-electron chi connectivity index (χ0n) is 9.70. The van der Waals surface area contributed by atoms with Crippen molar-refractivity contribution < 1.29 is 19.0 Å². The maximum Gasteiger partial charge on any atom is 0.340 e. The molecule has 1 unspecified atom stereocenters. The summed E-state index contributed by atoms with van der Waals surface area (Å²) in [7, 11) is 0. The Hall–Kier alpha value is -1.42. The maximum absolute atomic E-state index is 13.7. The van der Waals surface area contributed by atoms with Gasteiger partial charge in [-0.3, -0.25) is 0 Å². The fraction of sp³-hybridized carbons (Fsp3) is 0.462. The molecule has 0 fully saturated rings. The van der Waals surface area contributed by atoms with E-state index in [1.807, 2.05) is 0 Å². The molecule has 1 aliphatic rings. The van der Waals surface area contributed by atoms with Gasteiger partial charge in [0.05, 0.1) is 0 Å². The lowest BCUT2D eigenvalue weighted by atomic mass is 9.78. The lowest BCUT2D eigenvalue weighted by Crippen LogP contribution is -2.42. The van der Waals surface area contributed by atoms with Gasteiger partial charge < -0.3 is 9.84 Å². The highest BCUT2D eigenvalue weighted by molar-refractivity contribution is 5.80. The van der Waals surface area contributed by atoms with Crippen molar-refractivity contribution in [1.29, 1.82) is 0 Å². The van der Waals surface area contributed by atoms with E-state index >= 15 is 0 Å². The first-order chi connectivity index (χ1) is 8.12. The van der Waals surface area contributed by atoms with Gasteiger partial charge in [0.1, 0.15) is 5.82 Å². The molecule has 1 atom stereocenters. The smallest absolute Gasteiger partial charge is 0.340 e. The summed E-state index contributed by atoms with van der Waals surface area (Å²) < 4.78 is 19.1. The van der Waals surface area contributed by atoms with Crippen LogP contribution in [0.3, 0.4) is 0 Å².